The number of aromatic nitrogens is 2. The Morgan fingerprint density at radius 3 is 2.41 bits per heavy atom. The van der Waals surface area contributed by atoms with Crippen molar-refractivity contribution in [1.82, 2.24) is 15.1 Å². The van der Waals surface area contributed by atoms with Crippen molar-refractivity contribution < 1.29 is 31.2 Å². The molecule has 1 aliphatic rings. The first-order chi connectivity index (χ1) is 20.8. The molecule has 1 aliphatic heterocycles. The summed E-state index contributed by atoms with van der Waals surface area (Å²) in [6, 6.07) is 18.1. The van der Waals surface area contributed by atoms with Crippen molar-refractivity contribution in [3.05, 3.63) is 119 Å². The number of aryl methyl sites for hydroxylation is 1. The van der Waals surface area contributed by atoms with Gasteiger partial charge < -0.3 is 5.32 Å². The Balaban J connectivity index is 1.68. The Labute approximate surface area is 252 Å². The lowest BCUT2D eigenvalue weighted by Gasteiger charge is -2.38. The van der Waals surface area contributed by atoms with Crippen LogP contribution in [0.5, 0.6) is 0 Å². The third-order valence-electron chi connectivity index (χ3n) is 7.29. The summed E-state index contributed by atoms with van der Waals surface area (Å²) in [5.74, 6) is -1.82. The number of para-hydroxylation sites is 1. The third-order valence-corrected chi connectivity index (χ3v) is 8.25. The van der Waals surface area contributed by atoms with Crippen LogP contribution in [0.15, 0.2) is 90.8 Å². The van der Waals surface area contributed by atoms with Gasteiger partial charge in [0.05, 0.1) is 16.9 Å². The van der Waals surface area contributed by atoms with E-state index in [1.807, 2.05) is 30.3 Å². The number of fused-ring (bicyclic) bond motifs is 1. The number of carbonyl (C=O) groups is 2. The lowest BCUT2D eigenvalue weighted by atomic mass is 9.81. The molecule has 0 radical (unpaired) electrons. The second-order valence-corrected chi connectivity index (χ2v) is 11.7. The molecule has 0 bridgehead atoms. The van der Waals surface area contributed by atoms with Crippen molar-refractivity contribution in [1.29, 1.82) is 0 Å². The molecule has 228 valence electrons. The maximum Gasteiger partial charge on any atom is 0.416 e. The zero-order valence-electron chi connectivity index (χ0n) is 23.7. The number of nitrogens with zero attached hydrogens (tertiary/aromatic N) is 3. The zero-order valence-corrected chi connectivity index (χ0v) is 24.5. The average Bonchev–Trinajstić information content (AvgIpc) is 3.33. The molecular formula is C31H28F3N5O4S. The van der Waals surface area contributed by atoms with E-state index >= 15 is 0 Å². The van der Waals surface area contributed by atoms with Crippen molar-refractivity contribution in [3.63, 3.8) is 0 Å². The predicted octanol–water partition coefficient (Wildman–Crippen LogP) is 5.38. The third kappa shape index (κ3) is 5.82. The van der Waals surface area contributed by atoms with Crippen LogP contribution in [-0.4, -0.2) is 42.6 Å². The van der Waals surface area contributed by atoms with Crippen LogP contribution in [0.2, 0.25) is 0 Å². The molecule has 5 rings (SSSR count). The number of rotatable bonds is 8. The first-order valence-electron chi connectivity index (χ1n) is 13.5. The minimum absolute atomic E-state index is 0.186. The van der Waals surface area contributed by atoms with Crippen LogP contribution in [0, 0.1) is 6.92 Å². The van der Waals surface area contributed by atoms with Gasteiger partial charge in [-0.1, -0.05) is 43.0 Å². The number of alkyl halides is 3. The monoisotopic (exact) mass is 623 g/mol. The fourth-order valence-corrected chi connectivity index (χ4v) is 5.89. The zero-order chi connectivity index (χ0) is 31.8. The Morgan fingerprint density at radius 2 is 1.75 bits per heavy atom. The fourth-order valence-electron chi connectivity index (χ4n) is 5.35. The Morgan fingerprint density at radius 1 is 1.05 bits per heavy atom. The molecule has 0 aliphatic carbocycles. The van der Waals surface area contributed by atoms with Crippen LogP contribution in [0.3, 0.4) is 0 Å². The first-order valence-corrected chi connectivity index (χ1v) is 15.1. The number of carbonyl (C=O) groups excluding carboxylic acids is 2. The molecular weight excluding hydrogens is 595 g/mol. The number of halogens is 3. The van der Waals surface area contributed by atoms with Gasteiger partial charge in [0.25, 0.3) is 21.8 Å². The van der Waals surface area contributed by atoms with Crippen LogP contribution >= 0.6 is 0 Å². The number of hydrogen-bond acceptors (Lipinski definition) is 5. The molecule has 0 unspecified atom stereocenters. The lowest BCUT2D eigenvalue weighted by Crippen LogP contribution is -2.55. The number of nitrogens with one attached hydrogen (secondary N) is 2. The summed E-state index contributed by atoms with van der Waals surface area (Å²) >= 11 is 0. The molecule has 0 fully saturated rings. The van der Waals surface area contributed by atoms with E-state index in [2.05, 4.69) is 16.6 Å². The standard InChI is InChI=1S/C31H28F3N5O4S/c1-4-38-29-25(19(3)36-39(29)24-15-7-6-8-16-24)26(20-11-10-14-23(18-20)37-44(42,43)5-2)27(30(38)41)35-28(40)21-12-9-13-22(17-21)31(32,33)34/h5-18,26-27,37H,2,4H2,1,3H3,(H,35,40)/t26-,27+/m0/s1. The van der Waals surface area contributed by atoms with Crippen molar-refractivity contribution >= 4 is 33.3 Å². The molecule has 13 heteroatoms. The Bertz CT molecular complexity index is 1860. The molecule has 0 spiro atoms. The molecule has 0 saturated heterocycles. The second-order valence-electron chi connectivity index (χ2n) is 10.1. The van der Waals surface area contributed by atoms with Crippen molar-refractivity contribution in [2.75, 3.05) is 16.2 Å². The van der Waals surface area contributed by atoms with E-state index in [9.17, 15) is 31.2 Å². The lowest BCUT2D eigenvalue weighted by molar-refractivity contribution is -0.137. The van der Waals surface area contributed by atoms with Gasteiger partial charge in [-0.15, -0.1) is 0 Å². The molecule has 44 heavy (non-hydrogen) atoms. The van der Waals surface area contributed by atoms with Crippen LogP contribution < -0.4 is 14.9 Å². The Kier molecular flexibility index (Phi) is 8.08. The molecule has 1 aromatic heterocycles. The van der Waals surface area contributed by atoms with Gasteiger partial charge >= 0.3 is 6.18 Å². The summed E-state index contributed by atoms with van der Waals surface area (Å²) in [4.78, 5) is 29.1. The number of hydrogen-bond donors (Lipinski definition) is 2. The fraction of sp³-hybridized carbons (Fsp3) is 0.194. The smallest absolute Gasteiger partial charge is 0.339 e. The van der Waals surface area contributed by atoms with Gasteiger partial charge in [0.2, 0.25) is 0 Å². The van der Waals surface area contributed by atoms with Crippen molar-refractivity contribution in [3.8, 4) is 5.69 Å². The molecule has 4 aromatic rings. The first kappa shape index (κ1) is 30.5. The van der Waals surface area contributed by atoms with Crippen molar-refractivity contribution in [2.45, 2.75) is 32.0 Å². The highest BCUT2D eigenvalue weighted by Gasteiger charge is 2.45. The van der Waals surface area contributed by atoms with Gasteiger partial charge in [0.15, 0.2) is 0 Å². The van der Waals surface area contributed by atoms with Gasteiger partial charge in [-0.05, 0) is 61.9 Å². The number of likely N-dealkylation sites (N-methyl/N-ethyl adjacent to an activating group) is 1. The minimum atomic E-state index is -4.67. The summed E-state index contributed by atoms with van der Waals surface area (Å²) in [6.07, 6.45) is -4.67. The summed E-state index contributed by atoms with van der Waals surface area (Å²) in [5.41, 5.74) is 1.18. The van der Waals surface area contributed by atoms with Gasteiger partial charge in [-0.2, -0.15) is 18.3 Å². The SMILES string of the molecule is C=CS(=O)(=O)Nc1cccc([C@H]2c3c(C)nn(-c4ccccc4)c3N(CC)C(=O)[C@@H]2NC(=O)c2cccc(C(F)(F)F)c2)c1. The van der Waals surface area contributed by atoms with E-state index in [1.165, 1.54) is 23.1 Å². The topological polar surface area (TPSA) is 113 Å². The Hall–Kier alpha value is -4.91. The minimum Gasteiger partial charge on any atom is -0.339 e. The summed E-state index contributed by atoms with van der Waals surface area (Å²) in [6.45, 7) is 7.02. The number of amides is 2. The van der Waals surface area contributed by atoms with Crippen LogP contribution in [0.1, 0.15) is 45.6 Å². The van der Waals surface area contributed by atoms with E-state index in [-0.39, 0.29) is 17.8 Å². The summed E-state index contributed by atoms with van der Waals surface area (Å²) in [7, 11) is -3.87. The number of sulfonamides is 1. The van der Waals surface area contributed by atoms with Gasteiger partial charge in [-0.25, -0.2) is 13.1 Å². The number of anilines is 2. The molecule has 2 atom stereocenters. The maximum absolute atomic E-state index is 14.2. The predicted molar refractivity (Wildman–Crippen MR) is 160 cm³/mol. The maximum atomic E-state index is 14.2. The number of benzene rings is 3. The molecule has 0 saturated carbocycles. The quantitative estimate of drug-likeness (QED) is 0.274. The van der Waals surface area contributed by atoms with E-state index in [1.54, 1.807) is 30.7 Å². The van der Waals surface area contributed by atoms with Crippen LogP contribution in [-0.2, 0) is 21.0 Å². The normalized spacial score (nSPS) is 16.8. The van der Waals surface area contributed by atoms with E-state index < -0.39 is 45.5 Å². The van der Waals surface area contributed by atoms with Crippen LogP contribution in [0.25, 0.3) is 5.69 Å². The van der Waals surface area contributed by atoms with E-state index in [4.69, 9.17) is 5.10 Å². The summed E-state index contributed by atoms with van der Waals surface area (Å²) < 4.78 is 68.7. The highest BCUT2D eigenvalue weighted by Crippen LogP contribution is 2.44. The van der Waals surface area contributed by atoms with E-state index in [0.29, 0.717) is 28.3 Å². The molecule has 2 N–H and O–H groups in total. The van der Waals surface area contributed by atoms with Gasteiger partial charge in [0, 0.05) is 34.7 Å². The molecule has 9 nitrogen and oxygen atoms in total. The largest absolute Gasteiger partial charge is 0.416 e. The van der Waals surface area contributed by atoms with E-state index in [0.717, 1.165) is 23.6 Å². The second kappa shape index (κ2) is 11.6. The molecule has 2 heterocycles. The molecule has 2 amide bonds. The highest BCUT2D eigenvalue weighted by molar-refractivity contribution is 7.95. The molecule has 3 aromatic carbocycles. The van der Waals surface area contributed by atoms with Crippen LogP contribution in [0.4, 0.5) is 24.7 Å². The van der Waals surface area contributed by atoms with Gasteiger partial charge in [-0.3, -0.25) is 19.2 Å². The highest BCUT2D eigenvalue weighted by atomic mass is 32.2. The average molecular weight is 624 g/mol. The summed E-state index contributed by atoms with van der Waals surface area (Å²) in [5, 5.41) is 8.18. The van der Waals surface area contributed by atoms with Gasteiger partial charge in [0.1, 0.15) is 11.9 Å². The van der Waals surface area contributed by atoms with Crippen molar-refractivity contribution in [2.24, 2.45) is 0 Å².